The average Bonchev–Trinajstić information content (AvgIpc) is 2.29. The van der Waals surface area contributed by atoms with Crippen LogP contribution in [0.5, 0.6) is 0 Å². The lowest BCUT2D eigenvalue weighted by molar-refractivity contribution is 1.02. The monoisotopic (exact) mass is 199 g/mol. The van der Waals surface area contributed by atoms with E-state index >= 15 is 0 Å². The molecule has 0 spiro atoms. The maximum Gasteiger partial charge on any atom is 0.129 e. The smallest absolute Gasteiger partial charge is 0.129 e. The maximum atomic E-state index is 4.25. The van der Waals surface area contributed by atoms with Crippen LogP contribution in [0.1, 0.15) is 11.3 Å². The number of hydrogen-bond acceptors (Lipinski definition) is 3. The van der Waals surface area contributed by atoms with Crippen molar-refractivity contribution in [3.63, 3.8) is 0 Å². The van der Waals surface area contributed by atoms with Gasteiger partial charge in [-0.25, -0.2) is 4.98 Å². The van der Waals surface area contributed by atoms with Gasteiger partial charge in [0.1, 0.15) is 5.82 Å². The van der Waals surface area contributed by atoms with Crippen molar-refractivity contribution in [1.29, 1.82) is 0 Å². The van der Waals surface area contributed by atoms with Crippen molar-refractivity contribution in [2.24, 2.45) is 0 Å². The molecule has 15 heavy (non-hydrogen) atoms. The van der Waals surface area contributed by atoms with Crippen LogP contribution in [-0.4, -0.2) is 9.97 Å². The lowest BCUT2D eigenvalue weighted by atomic mass is 10.3. The number of nitrogens with one attached hydrogen (secondary N) is 1. The summed E-state index contributed by atoms with van der Waals surface area (Å²) in [5, 5.41) is 3.26. The molecule has 0 saturated carbocycles. The molecule has 0 unspecified atom stereocenters. The van der Waals surface area contributed by atoms with Gasteiger partial charge < -0.3 is 5.32 Å². The molecule has 1 N–H and O–H groups in total. The van der Waals surface area contributed by atoms with Crippen LogP contribution >= 0.6 is 0 Å². The Morgan fingerprint density at radius 1 is 1.07 bits per heavy atom. The second-order valence-electron chi connectivity index (χ2n) is 3.34. The van der Waals surface area contributed by atoms with E-state index in [0.29, 0.717) is 6.54 Å². The summed E-state index contributed by atoms with van der Waals surface area (Å²) in [6.45, 7) is 2.74. The molecule has 2 heterocycles. The number of aryl methyl sites for hydroxylation is 1. The van der Waals surface area contributed by atoms with Crippen molar-refractivity contribution in [3.8, 4) is 0 Å². The Morgan fingerprint density at radius 3 is 2.67 bits per heavy atom. The zero-order chi connectivity index (χ0) is 10.5. The third kappa shape index (κ3) is 2.53. The summed E-state index contributed by atoms with van der Waals surface area (Å²) in [7, 11) is 0. The van der Waals surface area contributed by atoms with Gasteiger partial charge in [-0.05, 0) is 30.7 Å². The number of pyridine rings is 2. The summed E-state index contributed by atoms with van der Waals surface area (Å²) in [4.78, 5) is 8.49. The molecule has 0 aliphatic carbocycles. The van der Waals surface area contributed by atoms with Crippen molar-refractivity contribution >= 4 is 5.82 Å². The number of rotatable bonds is 3. The Balaban J connectivity index is 2.03. The van der Waals surface area contributed by atoms with Crippen LogP contribution in [0.4, 0.5) is 5.82 Å². The highest BCUT2D eigenvalue weighted by atomic mass is 15.0. The SMILES string of the molecule is Cc1cccnc1NCc1ccccn1. The molecule has 0 radical (unpaired) electrons. The molecule has 0 fully saturated rings. The summed E-state index contributed by atoms with van der Waals surface area (Å²) >= 11 is 0. The first kappa shape index (κ1) is 9.65. The van der Waals surface area contributed by atoms with Crippen LogP contribution in [0.3, 0.4) is 0 Å². The van der Waals surface area contributed by atoms with Gasteiger partial charge in [0, 0.05) is 12.4 Å². The highest BCUT2D eigenvalue weighted by Crippen LogP contribution is 2.09. The second-order valence-corrected chi connectivity index (χ2v) is 3.34. The Morgan fingerprint density at radius 2 is 1.93 bits per heavy atom. The van der Waals surface area contributed by atoms with Gasteiger partial charge >= 0.3 is 0 Å². The Labute approximate surface area is 89.2 Å². The molecular weight excluding hydrogens is 186 g/mol. The lowest BCUT2D eigenvalue weighted by Gasteiger charge is -2.06. The van der Waals surface area contributed by atoms with Crippen molar-refractivity contribution in [1.82, 2.24) is 9.97 Å². The van der Waals surface area contributed by atoms with Crippen LogP contribution in [0.25, 0.3) is 0 Å². The van der Waals surface area contributed by atoms with E-state index in [2.05, 4.69) is 15.3 Å². The van der Waals surface area contributed by atoms with Crippen LogP contribution in [0.15, 0.2) is 42.7 Å². The topological polar surface area (TPSA) is 37.8 Å². The van der Waals surface area contributed by atoms with Crippen molar-refractivity contribution in [2.75, 3.05) is 5.32 Å². The molecule has 0 aliphatic heterocycles. The molecule has 3 heteroatoms. The zero-order valence-electron chi connectivity index (χ0n) is 8.64. The quantitative estimate of drug-likeness (QED) is 0.824. The summed E-state index contributed by atoms with van der Waals surface area (Å²) in [5.74, 6) is 0.920. The van der Waals surface area contributed by atoms with Gasteiger partial charge in [-0.1, -0.05) is 12.1 Å². The molecule has 76 valence electrons. The fraction of sp³-hybridized carbons (Fsp3) is 0.167. The highest BCUT2D eigenvalue weighted by Gasteiger charge is 1.97. The Hall–Kier alpha value is -1.90. The fourth-order valence-corrected chi connectivity index (χ4v) is 1.35. The van der Waals surface area contributed by atoms with E-state index in [1.165, 1.54) is 0 Å². The van der Waals surface area contributed by atoms with Crippen molar-refractivity contribution in [2.45, 2.75) is 13.5 Å². The van der Waals surface area contributed by atoms with Crippen LogP contribution in [0.2, 0.25) is 0 Å². The molecular formula is C12H13N3. The molecule has 0 amide bonds. The second kappa shape index (κ2) is 4.55. The third-order valence-corrected chi connectivity index (χ3v) is 2.17. The number of hydrogen-bond donors (Lipinski definition) is 1. The normalized spacial score (nSPS) is 9.93. The van der Waals surface area contributed by atoms with Crippen molar-refractivity contribution < 1.29 is 0 Å². The van der Waals surface area contributed by atoms with E-state index in [9.17, 15) is 0 Å². The summed E-state index contributed by atoms with van der Waals surface area (Å²) in [6.07, 6.45) is 3.58. The van der Waals surface area contributed by atoms with Gasteiger partial charge in [0.2, 0.25) is 0 Å². The molecule has 3 nitrogen and oxygen atoms in total. The third-order valence-electron chi connectivity index (χ3n) is 2.17. The van der Waals surface area contributed by atoms with E-state index in [4.69, 9.17) is 0 Å². The number of nitrogens with zero attached hydrogens (tertiary/aromatic N) is 2. The Kier molecular flexibility index (Phi) is 2.93. The average molecular weight is 199 g/mol. The highest BCUT2D eigenvalue weighted by molar-refractivity contribution is 5.42. The first-order valence-corrected chi connectivity index (χ1v) is 4.91. The Bertz CT molecular complexity index is 426. The van der Waals surface area contributed by atoms with Gasteiger partial charge in [0.25, 0.3) is 0 Å². The lowest BCUT2D eigenvalue weighted by Crippen LogP contribution is -2.03. The summed E-state index contributed by atoms with van der Waals surface area (Å²) in [5.41, 5.74) is 2.16. The van der Waals surface area contributed by atoms with Crippen LogP contribution < -0.4 is 5.32 Å². The molecule has 0 aromatic carbocycles. The standard InChI is InChI=1S/C12H13N3/c1-10-5-4-8-14-12(10)15-9-11-6-2-3-7-13-11/h2-8H,9H2,1H3,(H,14,15). The minimum absolute atomic E-state index is 0.707. The fourth-order valence-electron chi connectivity index (χ4n) is 1.35. The molecule has 0 atom stereocenters. The van der Waals surface area contributed by atoms with Crippen molar-refractivity contribution in [3.05, 3.63) is 54.0 Å². The van der Waals surface area contributed by atoms with E-state index in [1.807, 2.05) is 37.3 Å². The maximum absolute atomic E-state index is 4.25. The summed E-state index contributed by atoms with van der Waals surface area (Å²) < 4.78 is 0. The van der Waals surface area contributed by atoms with Gasteiger partial charge in [-0.2, -0.15) is 0 Å². The summed E-state index contributed by atoms with van der Waals surface area (Å²) in [6, 6.07) is 9.85. The van der Waals surface area contributed by atoms with Crippen LogP contribution in [0, 0.1) is 6.92 Å². The minimum Gasteiger partial charge on any atom is -0.364 e. The van der Waals surface area contributed by atoms with E-state index in [0.717, 1.165) is 17.1 Å². The predicted molar refractivity (Wildman–Crippen MR) is 60.5 cm³/mol. The molecule has 2 aromatic heterocycles. The molecule has 2 rings (SSSR count). The zero-order valence-corrected chi connectivity index (χ0v) is 8.64. The van der Waals surface area contributed by atoms with E-state index in [1.54, 1.807) is 12.4 Å². The van der Waals surface area contributed by atoms with Gasteiger partial charge in [0.05, 0.1) is 12.2 Å². The molecule has 0 saturated heterocycles. The van der Waals surface area contributed by atoms with Gasteiger partial charge in [0.15, 0.2) is 0 Å². The predicted octanol–water partition coefficient (Wildman–Crippen LogP) is 2.40. The first-order chi connectivity index (χ1) is 7.36. The minimum atomic E-state index is 0.707. The molecule has 0 bridgehead atoms. The molecule has 2 aromatic rings. The van der Waals surface area contributed by atoms with E-state index in [-0.39, 0.29) is 0 Å². The first-order valence-electron chi connectivity index (χ1n) is 4.91. The number of aromatic nitrogens is 2. The van der Waals surface area contributed by atoms with Crippen LogP contribution in [-0.2, 0) is 6.54 Å². The van der Waals surface area contributed by atoms with E-state index < -0.39 is 0 Å². The molecule has 0 aliphatic rings. The number of anilines is 1. The largest absolute Gasteiger partial charge is 0.364 e. The van der Waals surface area contributed by atoms with Gasteiger partial charge in [-0.3, -0.25) is 4.98 Å². The van der Waals surface area contributed by atoms with Gasteiger partial charge in [-0.15, -0.1) is 0 Å².